The molecule has 1 amide bonds. The summed E-state index contributed by atoms with van der Waals surface area (Å²) in [6.45, 7) is 4.82. The van der Waals surface area contributed by atoms with E-state index in [2.05, 4.69) is 55.6 Å². The van der Waals surface area contributed by atoms with Crippen molar-refractivity contribution in [2.75, 3.05) is 13.2 Å². The Morgan fingerprint density at radius 1 is 0.438 bits per heavy atom. The molecule has 0 heterocycles. The van der Waals surface area contributed by atoms with Gasteiger partial charge in [-0.05, 0) is 70.6 Å². The van der Waals surface area contributed by atoms with E-state index in [1.54, 1.807) is 0 Å². The summed E-state index contributed by atoms with van der Waals surface area (Å²) in [5, 5.41) is 23.2. The minimum Gasteiger partial charge on any atom is -0.465 e. The second-order valence-corrected chi connectivity index (χ2v) is 19.3. The molecule has 0 aliphatic heterocycles. The van der Waals surface area contributed by atoms with Crippen molar-refractivity contribution in [3.8, 4) is 0 Å². The SMILES string of the molecule is CCCCCC/C=C\CCCCCCCC(=O)OCC/C=C\C/C=C\CCCCCCCCCCCCCCCCC(=O)NC(CO)C(O)CCCCCCCCCCCCCCC. The zero-order valence-corrected chi connectivity index (χ0v) is 42.8. The minimum atomic E-state index is -0.667. The van der Waals surface area contributed by atoms with Gasteiger partial charge in [-0.1, -0.05) is 249 Å². The Balaban J connectivity index is 3.46. The van der Waals surface area contributed by atoms with Gasteiger partial charge in [0.05, 0.1) is 25.4 Å². The Morgan fingerprint density at radius 2 is 0.781 bits per heavy atom. The van der Waals surface area contributed by atoms with Crippen LogP contribution in [0.5, 0.6) is 0 Å². The lowest BCUT2D eigenvalue weighted by Gasteiger charge is -2.22. The van der Waals surface area contributed by atoms with Gasteiger partial charge >= 0.3 is 5.97 Å². The van der Waals surface area contributed by atoms with Gasteiger partial charge in [-0.15, -0.1) is 0 Å². The smallest absolute Gasteiger partial charge is 0.305 e. The maximum atomic E-state index is 12.5. The molecular formula is C58H109NO5. The summed E-state index contributed by atoms with van der Waals surface area (Å²) in [4.78, 5) is 24.4. The number of esters is 1. The van der Waals surface area contributed by atoms with Crippen molar-refractivity contribution in [3.63, 3.8) is 0 Å². The predicted octanol–water partition coefficient (Wildman–Crippen LogP) is 17.2. The topological polar surface area (TPSA) is 95.9 Å². The summed E-state index contributed by atoms with van der Waals surface area (Å²) in [5.74, 6) is -0.0847. The van der Waals surface area contributed by atoms with Crippen molar-refractivity contribution in [3.05, 3.63) is 36.5 Å². The van der Waals surface area contributed by atoms with E-state index >= 15 is 0 Å². The first-order chi connectivity index (χ1) is 31.5. The molecule has 0 aromatic heterocycles. The standard InChI is InChI=1S/C58H109NO5/c1-3-5-7-9-11-13-15-26-30-34-38-42-46-50-56(61)55(54-60)59-57(62)51-47-43-39-35-31-28-24-22-20-18-17-19-21-23-25-29-33-37-41-45-49-53-64-58(63)52-48-44-40-36-32-27-16-14-12-10-8-6-4-2/h14,16,29,33,41,45,55-56,60-61H,3-13,15,17-28,30-32,34-40,42-44,46-54H2,1-2H3,(H,59,62)/b16-14-,33-29-,45-41-. The maximum Gasteiger partial charge on any atom is 0.305 e. The number of nitrogens with one attached hydrogen (secondary N) is 1. The summed E-state index contributed by atoms with van der Waals surface area (Å²) in [5.41, 5.74) is 0. The van der Waals surface area contributed by atoms with Gasteiger partial charge < -0.3 is 20.3 Å². The summed E-state index contributed by atoms with van der Waals surface area (Å²) in [6.07, 6.45) is 65.8. The Hall–Kier alpha value is -1.92. The molecular weight excluding hydrogens is 791 g/mol. The number of hydrogen-bond donors (Lipinski definition) is 3. The molecule has 2 atom stereocenters. The summed E-state index contributed by atoms with van der Waals surface area (Å²) < 4.78 is 5.40. The van der Waals surface area contributed by atoms with Crippen molar-refractivity contribution < 1.29 is 24.5 Å². The van der Waals surface area contributed by atoms with Crippen LogP contribution in [0.2, 0.25) is 0 Å². The number of aliphatic hydroxyl groups is 2. The van der Waals surface area contributed by atoms with E-state index in [0.717, 1.165) is 51.4 Å². The average molecular weight is 901 g/mol. The molecule has 6 heteroatoms. The molecule has 64 heavy (non-hydrogen) atoms. The largest absolute Gasteiger partial charge is 0.465 e. The number of aliphatic hydroxyl groups excluding tert-OH is 2. The van der Waals surface area contributed by atoms with Gasteiger partial charge in [-0.25, -0.2) is 0 Å². The Labute approximate surface area is 398 Å². The van der Waals surface area contributed by atoms with E-state index in [-0.39, 0.29) is 18.5 Å². The van der Waals surface area contributed by atoms with Crippen molar-refractivity contribution in [1.82, 2.24) is 5.32 Å². The Bertz CT molecular complexity index is 1040. The molecule has 0 rings (SSSR count). The van der Waals surface area contributed by atoms with E-state index in [1.807, 2.05) is 0 Å². The fourth-order valence-electron chi connectivity index (χ4n) is 8.59. The van der Waals surface area contributed by atoms with Gasteiger partial charge in [-0.2, -0.15) is 0 Å². The number of allylic oxidation sites excluding steroid dienone is 5. The second kappa shape index (κ2) is 53.7. The van der Waals surface area contributed by atoms with E-state index in [9.17, 15) is 19.8 Å². The molecule has 376 valence electrons. The van der Waals surface area contributed by atoms with Crippen molar-refractivity contribution in [2.45, 2.75) is 309 Å². The zero-order chi connectivity index (χ0) is 46.5. The maximum absolute atomic E-state index is 12.5. The molecule has 3 N–H and O–H groups in total. The van der Waals surface area contributed by atoms with Crippen LogP contribution >= 0.6 is 0 Å². The van der Waals surface area contributed by atoms with Gasteiger partial charge in [0.1, 0.15) is 0 Å². The lowest BCUT2D eigenvalue weighted by molar-refractivity contribution is -0.143. The van der Waals surface area contributed by atoms with Crippen molar-refractivity contribution in [2.24, 2.45) is 0 Å². The lowest BCUT2D eigenvalue weighted by atomic mass is 10.0. The number of rotatable bonds is 52. The van der Waals surface area contributed by atoms with Gasteiger partial charge in [0.25, 0.3) is 0 Å². The average Bonchev–Trinajstić information content (AvgIpc) is 3.29. The third-order valence-electron chi connectivity index (χ3n) is 12.9. The molecule has 0 saturated heterocycles. The highest BCUT2D eigenvalue weighted by Gasteiger charge is 2.20. The first-order valence-electron chi connectivity index (χ1n) is 28.2. The highest BCUT2D eigenvalue weighted by atomic mass is 16.5. The van der Waals surface area contributed by atoms with E-state index in [0.29, 0.717) is 25.9 Å². The van der Waals surface area contributed by atoms with Gasteiger partial charge in [0.15, 0.2) is 0 Å². The fraction of sp³-hybridized carbons (Fsp3) is 0.862. The number of carbonyl (C=O) groups excluding carboxylic acids is 2. The van der Waals surface area contributed by atoms with Gasteiger partial charge in [0, 0.05) is 12.8 Å². The Kier molecular flexibility index (Phi) is 52.1. The first-order valence-corrected chi connectivity index (χ1v) is 28.2. The minimum absolute atomic E-state index is 0.0399. The molecule has 0 radical (unpaired) electrons. The number of hydrogen-bond acceptors (Lipinski definition) is 5. The third kappa shape index (κ3) is 49.5. The first kappa shape index (κ1) is 62.1. The van der Waals surface area contributed by atoms with E-state index < -0.39 is 12.1 Å². The van der Waals surface area contributed by atoms with Crippen molar-refractivity contribution in [1.29, 1.82) is 0 Å². The molecule has 2 unspecified atom stereocenters. The van der Waals surface area contributed by atoms with Gasteiger partial charge in [0.2, 0.25) is 5.91 Å². The highest BCUT2D eigenvalue weighted by molar-refractivity contribution is 5.76. The molecule has 0 aliphatic rings. The van der Waals surface area contributed by atoms with Crippen LogP contribution < -0.4 is 5.32 Å². The number of amides is 1. The molecule has 0 aromatic rings. The van der Waals surface area contributed by atoms with Crippen LogP contribution in [0.4, 0.5) is 0 Å². The van der Waals surface area contributed by atoms with Crippen LogP contribution in [0.15, 0.2) is 36.5 Å². The molecule has 0 saturated carbocycles. The fourth-order valence-corrected chi connectivity index (χ4v) is 8.59. The van der Waals surface area contributed by atoms with Crippen LogP contribution in [0.3, 0.4) is 0 Å². The summed E-state index contributed by atoms with van der Waals surface area (Å²) >= 11 is 0. The van der Waals surface area contributed by atoms with Crippen LogP contribution in [0, 0.1) is 0 Å². The molecule has 0 aliphatic carbocycles. The number of carbonyl (C=O) groups is 2. The van der Waals surface area contributed by atoms with Crippen LogP contribution in [0.1, 0.15) is 296 Å². The second-order valence-electron chi connectivity index (χ2n) is 19.3. The van der Waals surface area contributed by atoms with Crippen LogP contribution in [-0.2, 0) is 14.3 Å². The normalized spacial score (nSPS) is 12.9. The van der Waals surface area contributed by atoms with Crippen LogP contribution in [0.25, 0.3) is 0 Å². The highest BCUT2D eigenvalue weighted by Crippen LogP contribution is 2.17. The van der Waals surface area contributed by atoms with Crippen LogP contribution in [-0.4, -0.2) is 47.4 Å². The molecule has 0 fully saturated rings. The zero-order valence-electron chi connectivity index (χ0n) is 42.8. The van der Waals surface area contributed by atoms with E-state index in [4.69, 9.17) is 4.74 Å². The van der Waals surface area contributed by atoms with Crippen molar-refractivity contribution >= 4 is 11.9 Å². The van der Waals surface area contributed by atoms with Gasteiger partial charge in [-0.3, -0.25) is 9.59 Å². The number of unbranched alkanes of at least 4 members (excludes halogenated alkanes) is 35. The number of ether oxygens (including phenoxy) is 1. The summed E-state index contributed by atoms with van der Waals surface area (Å²) in [7, 11) is 0. The molecule has 0 spiro atoms. The lowest BCUT2D eigenvalue weighted by Crippen LogP contribution is -2.45. The molecule has 6 nitrogen and oxygen atoms in total. The molecule has 0 aromatic carbocycles. The third-order valence-corrected chi connectivity index (χ3v) is 12.9. The quantitative estimate of drug-likeness (QED) is 0.0321. The monoisotopic (exact) mass is 900 g/mol. The Morgan fingerprint density at radius 3 is 1.22 bits per heavy atom. The molecule has 0 bridgehead atoms. The predicted molar refractivity (Wildman–Crippen MR) is 278 cm³/mol. The van der Waals surface area contributed by atoms with E-state index in [1.165, 1.54) is 212 Å². The summed E-state index contributed by atoms with van der Waals surface area (Å²) in [6, 6.07) is -0.545.